The van der Waals surface area contributed by atoms with Crippen molar-refractivity contribution < 1.29 is 13.9 Å². The van der Waals surface area contributed by atoms with Gasteiger partial charge in [0.05, 0.1) is 6.04 Å². The summed E-state index contributed by atoms with van der Waals surface area (Å²) in [5, 5.41) is 8.57. The van der Waals surface area contributed by atoms with Gasteiger partial charge in [-0.1, -0.05) is 23.8 Å². The second-order valence-electron chi connectivity index (χ2n) is 7.99. The van der Waals surface area contributed by atoms with Crippen LogP contribution in [0.1, 0.15) is 30.0 Å². The first-order valence-electron chi connectivity index (χ1n) is 10.4. The van der Waals surface area contributed by atoms with Gasteiger partial charge in [-0.25, -0.2) is 0 Å². The number of hydrogen-bond acceptors (Lipinski definition) is 7. The molecule has 3 heterocycles. The minimum atomic E-state index is 0.101. The zero-order chi connectivity index (χ0) is 20.5. The van der Waals surface area contributed by atoms with Crippen molar-refractivity contribution in [2.45, 2.75) is 26.4 Å². The Labute approximate surface area is 176 Å². The Morgan fingerprint density at radius 2 is 1.70 bits per heavy atom. The smallest absolute Gasteiger partial charge is 0.247 e. The van der Waals surface area contributed by atoms with Crippen molar-refractivity contribution in [3.05, 3.63) is 59.5 Å². The summed E-state index contributed by atoms with van der Waals surface area (Å²) in [5.41, 5.74) is 3.42. The van der Waals surface area contributed by atoms with Crippen LogP contribution in [-0.2, 0) is 6.54 Å². The van der Waals surface area contributed by atoms with E-state index in [4.69, 9.17) is 13.9 Å². The monoisotopic (exact) mass is 406 g/mol. The average molecular weight is 406 g/mol. The third kappa shape index (κ3) is 3.91. The fourth-order valence-electron chi connectivity index (χ4n) is 3.98. The van der Waals surface area contributed by atoms with Gasteiger partial charge in [-0.15, -0.1) is 10.2 Å². The molecule has 2 aliphatic rings. The van der Waals surface area contributed by atoms with Crippen molar-refractivity contribution in [2.24, 2.45) is 0 Å². The number of piperazine rings is 1. The van der Waals surface area contributed by atoms with E-state index in [1.54, 1.807) is 0 Å². The van der Waals surface area contributed by atoms with Crippen molar-refractivity contribution in [2.75, 3.05) is 33.0 Å². The first kappa shape index (κ1) is 19.1. The molecule has 1 atom stereocenters. The van der Waals surface area contributed by atoms with E-state index in [0.29, 0.717) is 18.6 Å². The van der Waals surface area contributed by atoms with Crippen molar-refractivity contribution >= 4 is 0 Å². The van der Waals surface area contributed by atoms with E-state index < -0.39 is 0 Å². The molecule has 1 fully saturated rings. The van der Waals surface area contributed by atoms with Crippen LogP contribution in [0, 0.1) is 6.92 Å². The highest BCUT2D eigenvalue weighted by Gasteiger charge is 2.26. The van der Waals surface area contributed by atoms with Crippen molar-refractivity contribution in [1.82, 2.24) is 20.0 Å². The molecule has 1 aromatic heterocycles. The molecule has 0 N–H and O–H groups in total. The lowest BCUT2D eigenvalue weighted by atomic mass is 10.1. The maximum Gasteiger partial charge on any atom is 0.247 e. The Morgan fingerprint density at radius 3 is 2.50 bits per heavy atom. The molecule has 0 unspecified atom stereocenters. The molecule has 30 heavy (non-hydrogen) atoms. The molecule has 0 saturated carbocycles. The van der Waals surface area contributed by atoms with E-state index in [9.17, 15) is 0 Å². The summed E-state index contributed by atoms with van der Waals surface area (Å²) < 4.78 is 16.9. The van der Waals surface area contributed by atoms with Gasteiger partial charge >= 0.3 is 0 Å². The van der Waals surface area contributed by atoms with Crippen LogP contribution in [0.25, 0.3) is 11.5 Å². The number of nitrogens with zero attached hydrogens (tertiary/aromatic N) is 4. The van der Waals surface area contributed by atoms with Crippen LogP contribution in [0.3, 0.4) is 0 Å². The first-order valence-corrected chi connectivity index (χ1v) is 10.4. The molecule has 5 rings (SSSR count). The van der Waals surface area contributed by atoms with Gasteiger partial charge in [-0.2, -0.15) is 0 Å². The van der Waals surface area contributed by atoms with E-state index >= 15 is 0 Å². The molecule has 2 aromatic carbocycles. The van der Waals surface area contributed by atoms with Crippen LogP contribution in [0.4, 0.5) is 0 Å². The third-order valence-electron chi connectivity index (χ3n) is 5.89. The number of aromatic nitrogens is 2. The van der Waals surface area contributed by atoms with E-state index in [0.717, 1.165) is 49.8 Å². The molecular formula is C23H26N4O3. The third-order valence-corrected chi connectivity index (χ3v) is 5.89. The summed E-state index contributed by atoms with van der Waals surface area (Å²) in [6.07, 6.45) is 0. The normalized spacial score (nSPS) is 17.9. The summed E-state index contributed by atoms with van der Waals surface area (Å²) in [6, 6.07) is 14.5. The van der Waals surface area contributed by atoms with Crippen LogP contribution < -0.4 is 9.47 Å². The van der Waals surface area contributed by atoms with Gasteiger partial charge in [-0.05, 0) is 43.7 Å². The molecule has 156 valence electrons. The van der Waals surface area contributed by atoms with Crippen LogP contribution in [0.5, 0.6) is 11.5 Å². The molecule has 0 spiro atoms. The topological polar surface area (TPSA) is 63.9 Å². The molecular weight excluding hydrogens is 380 g/mol. The lowest BCUT2D eigenvalue weighted by Crippen LogP contribution is -2.46. The molecule has 0 radical (unpaired) electrons. The predicted octanol–water partition coefficient (Wildman–Crippen LogP) is 3.65. The van der Waals surface area contributed by atoms with Gasteiger partial charge in [-0.3, -0.25) is 9.80 Å². The second kappa shape index (κ2) is 8.08. The lowest BCUT2D eigenvalue weighted by molar-refractivity contribution is 0.0875. The summed E-state index contributed by atoms with van der Waals surface area (Å²) in [7, 11) is 0. The molecule has 2 aliphatic heterocycles. The van der Waals surface area contributed by atoms with Crippen molar-refractivity contribution in [1.29, 1.82) is 0 Å². The quantitative estimate of drug-likeness (QED) is 0.641. The van der Waals surface area contributed by atoms with Gasteiger partial charge in [0.15, 0.2) is 11.5 Å². The minimum absolute atomic E-state index is 0.101. The summed E-state index contributed by atoms with van der Waals surface area (Å²) in [4.78, 5) is 4.87. The lowest BCUT2D eigenvalue weighted by Gasteiger charge is -2.36. The van der Waals surface area contributed by atoms with Gasteiger partial charge in [0.25, 0.3) is 0 Å². The summed E-state index contributed by atoms with van der Waals surface area (Å²) >= 11 is 0. The second-order valence-corrected chi connectivity index (χ2v) is 7.99. The Kier molecular flexibility index (Phi) is 5.14. The maximum absolute atomic E-state index is 5.99. The van der Waals surface area contributed by atoms with E-state index in [2.05, 4.69) is 58.1 Å². The van der Waals surface area contributed by atoms with Crippen LogP contribution in [0.2, 0.25) is 0 Å². The number of aryl methyl sites for hydroxylation is 1. The van der Waals surface area contributed by atoms with Crippen LogP contribution in [0.15, 0.2) is 46.9 Å². The highest BCUT2D eigenvalue weighted by atomic mass is 16.7. The van der Waals surface area contributed by atoms with E-state index in [-0.39, 0.29) is 6.04 Å². The Hall–Kier alpha value is -2.90. The average Bonchev–Trinajstić information content (AvgIpc) is 3.44. The summed E-state index contributed by atoms with van der Waals surface area (Å²) in [6.45, 7) is 9.36. The zero-order valence-electron chi connectivity index (χ0n) is 17.4. The maximum atomic E-state index is 5.99. The standard InChI is InChI=1S/C23H26N4O3/c1-16-3-6-19(7-4-16)23-25-24-22(30-23)17(2)27-11-9-26(10-12-27)14-18-5-8-20-21(13-18)29-15-28-20/h3-8,13,17H,9-12,14-15H2,1-2H3/t17-/m1/s1. The number of ether oxygens (including phenoxy) is 2. The van der Waals surface area contributed by atoms with Gasteiger partial charge < -0.3 is 13.9 Å². The van der Waals surface area contributed by atoms with Gasteiger partial charge in [0.2, 0.25) is 18.6 Å². The molecule has 7 heteroatoms. The molecule has 1 saturated heterocycles. The minimum Gasteiger partial charge on any atom is -0.454 e. The number of rotatable bonds is 5. The molecule has 0 amide bonds. The largest absolute Gasteiger partial charge is 0.454 e. The van der Waals surface area contributed by atoms with E-state index in [1.165, 1.54) is 11.1 Å². The first-order chi connectivity index (χ1) is 14.7. The van der Waals surface area contributed by atoms with Crippen molar-refractivity contribution in [3.8, 4) is 23.0 Å². The number of benzene rings is 2. The highest BCUT2D eigenvalue weighted by Crippen LogP contribution is 2.33. The fourth-order valence-corrected chi connectivity index (χ4v) is 3.98. The predicted molar refractivity (Wildman–Crippen MR) is 112 cm³/mol. The summed E-state index contributed by atoms with van der Waals surface area (Å²) in [5.74, 6) is 2.94. The van der Waals surface area contributed by atoms with Crippen LogP contribution >= 0.6 is 0 Å². The number of fused-ring (bicyclic) bond motifs is 1. The van der Waals surface area contributed by atoms with Gasteiger partial charge in [0, 0.05) is 38.3 Å². The SMILES string of the molecule is Cc1ccc(-c2nnc([C@@H](C)N3CCN(Cc4ccc5c(c4)OCO5)CC3)o2)cc1. The van der Waals surface area contributed by atoms with Gasteiger partial charge in [0.1, 0.15) is 0 Å². The Balaban J connectivity index is 1.18. The van der Waals surface area contributed by atoms with E-state index in [1.807, 2.05) is 18.2 Å². The number of hydrogen-bond donors (Lipinski definition) is 0. The van der Waals surface area contributed by atoms with Crippen LogP contribution in [-0.4, -0.2) is 53.0 Å². The zero-order valence-corrected chi connectivity index (χ0v) is 17.4. The fraction of sp³-hybridized carbons (Fsp3) is 0.391. The molecule has 7 nitrogen and oxygen atoms in total. The highest BCUT2D eigenvalue weighted by molar-refractivity contribution is 5.52. The molecule has 3 aromatic rings. The Morgan fingerprint density at radius 1 is 0.933 bits per heavy atom. The Bertz CT molecular complexity index is 1010. The molecule has 0 aliphatic carbocycles. The molecule has 0 bridgehead atoms. The van der Waals surface area contributed by atoms with Crippen molar-refractivity contribution in [3.63, 3.8) is 0 Å².